The van der Waals surface area contributed by atoms with Crippen LogP contribution in [0.25, 0.3) is 33.3 Å². The monoisotopic (exact) mass is 1030 g/mol. The van der Waals surface area contributed by atoms with Crippen LogP contribution in [0.5, 0.6) is 5.75 Å². The third-order valence-electron chi connectivity index (χ3n) is 15.4. The number of aromatic hydroxyl groups is 1. The van der Waals surface area contributed by atoms with Crippen molar-refractivity contribution in [3.8, 4) is 28.1 Å². The number of carbonyl (C=O) groups is 5. The normalized spacial score (nSPS) is 23.3. The molecule has 0 aliphatic carbocycles. The molecule has 4 aliphatic rings. The van der Waals surface area contributed by atoms with Crippen molar-refractivity contribution in [3.05, 3.63) is 84.2 Å². The zero-order valence-electron chi connectivity index (χ0n) is 40.7. The molecular formula is C53H67InN6O8. The minimum atomic E-state index is -3.37. The van der Waals surface area contributed by atoms with E-state index in [9.17, 15) is 29.1 Å². The fourth-order valence-corrected chi connectivity index (χ4v) is 23.9. The van der Waals surface area contributed by atoms with Crippen LogP contribution in [0.1, 0.15) is 90.2 Å². The van der Waals surface area contributed by atoms with Crippen molar-refractivity contribution in [1.82, 2.24) is 30.2 Å². The molecule has 2 aromatic heterocycles. The van der Waals surface area contributed by atoms with Gasteiger partial charge >= 0.3 is 300 Å². The van der Waals surface area contributed by atoms with Gasteiger partial charge in [-0.3, -0.25) is 4.98 Å². The van der Waals surface area contributed by atoms with Crippen molar-refractivity contribution in [2.24, 2.45) is 23.2 Å². The van der Waals surface area contributed by atoms with Crippen LogP contribution >= 0.6 is 0 Å². The van der Waals surface area contributed by atoms with Gasteiger partial charge in [-0.25, -0.2) is 0 Å². The summed E-state index contributed by atoms with van der Waals surface area (Å²) in [5.41, 5.74) is 9.74. The Kier molecular flexibility index (Phi) is 14.9. The van der Waals surface area contributed by atoms with Crippen LogP contribution in [0.3, 0.4) is 0 Å². The van der Waals surface area contributed by atoms with Crippen LogP contribution in [-0.2, 0) is 52.8 Å². The van der Waals surface area contributed by atoms with E-state index >= 15 is 0 Å². The second kappa shape index (κ2) is 20.5. The molecule has 4 aliphatic heterocycles. The van der Waals surface area contributed by atoms with Crippen LogP contribution in [0.2, 0.25) is 7.85 Å². The van der Waals surface area contributed by atoms with Gasteiger partial charge in [-0.1, -0.05) is 13.8 Å². The predicted molar refractivity (Wildman–Crippen MR) is 262 cm³/mol. The summed E-state index contributed by atoms with van der Waals surface area (Å²) in [5, 5.41) is 17.0. The number of hydrazine groups is 1. The van der Waals surface area contributed by atoms with E-state index in [1.54, 1.807) is 30.3 Å². The number of hydrogen-bond donors (Lipinski definition) is 3. The summed E-state index contributed by atoms with van der Waals surface area (Å²) in [4.78, 5) is 77.2. The number of aromatic nitrogens is 2. The summed E-state index contributed by atoms with van der Waals surface area (Å²) in [6.45, 7) is 18.0. The van der Waals surface area contributed by atoms with Crippen molar-refractivity contribution < 1.29 is 38.6 Å². The van der Waals surface area contributed by atoms with Gasteiger partial charge in [0.15, 0.2) is 0 Å². The number of hydrogen-bond acceptors (Lipinski definition) is 10. The molecule has 360 valence electrons. The zero-order valence-corrected chi connectivity index (χ0v) is 44.0. The van der Waals surface area contributed by atoms with E-state index in [0.29, 0.717) is 68.0 Å². The molecule has 1 spiro atoms. The maximum absolute atomic E-state index is 14.9. The van der Waals surface area contributed by atoms with Crippen LogP contribution in [0.4, 0.5) is 0 Å². The predicted octanol–water partition coefficient (Wildman–Crippen LogP) is 7.14. The number of aryl methyl sites for hydroxylation is 1. The molecule has 15 heteroatoms. The number of nitrogens with one attached hydrogen (secondary N) is 2. The average Bonchev–Trinajstić information content (AvgIpc) is 4.01. The van der Waals surface area contributed by atoms with Gasteiger partial charge in [0.1, 0.15) is 0 Å². The Bertz CT molecular complexity index is 2610. The number of amides is 3. The molecule has 14 nitrogen and oxygen atoms in total. The molecule has 3 N–H and O–H groups in total. The van der Waals surface area contributed by atoms with Gasteiger partial charge in [0.2, 0.25) is 0 Å². The van der Waals surface area contributed by atoms with E-state index in [-0.39, 0.29) is 58.0 Å². The van der Waals surface area contributed by atoms with Crippen LogP contribution in [0, 0.1) is 23.2 Å². The molecule has 6 atom stereocenters. The first kappa shape index (κ1) is 49.4. The van der Waals surface area contributed by atoms with Gasteiger partial charge in [0, 0.05) is 25.4 Å². The van der Waals surface area contributed by atoms with E-state index < -0.39 is 54.5 Å². The van der Waals surface area contributed by atoms with Gasteiger partial charge in [0.05, 0.1) is 17.5 Å². The first-order valence-electron chi connectivity index (χ1n) is 24.5. The number of pyridine rings is 1. The van der Waals surface area contributed by atoms with Gasteiger partial charge in [-0.15, -0.1) is 0 Å². The van der Waals surface area contributed by atoms with Gasteiger partial charge in [0.25, 0.3) is 0 Å². The summed E-state index contributed by atoms with van der Waals surface area (Å²) < 4.78 is 14.7. The molecule has 3 saturated heterocycles. The Balaban J connectivity index is 1.21. The molecular weight excluding hydrogens is 963 g/mol. The Morgan fingerprint density at radius 2 is 1.85 bits per heavy atom. The maximum atomic E-state index is 14.9. The number of carbonyl (C=O) groups excluding carboxylic acids is 5. The third-order valence-corrected chi connectivity index (χ3v) is 27.2. The number of esters is 1. The number of phenolic OH excluding ortho intramolecular Hbond substituents is 1. The molecule has 1 unspecified atom stereocenters. The number of benzene rings is 2. The molecule has 0 radical (unpaired) electrons. The van der Waals surface area contributed by atoms with Gasteiger partial charge in [-0.2, -0.15) is 0 Å². The molecule has 6 heterocycles. The Hall–Kier alpha value is -4.99. The third kappa shape index (κ3) is 9.63. The summed E-state index contributed by atoms with van der Waals surface area (Å²) >= 11 is -3.37. The molecule has 3 amide bonds. The summed E-state index contributed by atoms with van der Waals surface area (Å²) in [7, 11) is 1.68. The van der Waals surface area contributed by atoms with E-state index in [4.69, 9.17) is 14.5 Å². The number of phenols is 1. The number of fused-ring (bicyclic) bond motifs is 6. The van der Waals surface area contributed by atoms with Crippen LogP contribution < -0.4 is 10.7 Å². The van der Waals surface area contributed by atoms with E-state index in [2.05, 4.69) is 60.9 Å². The first-order valence-corrected chi connectivity index (χ1v) is 30.4. The van der Waals surface area contributed by atoms with E-state index in [1.165, 1.54) is 11.1 Å². The summed E-state index contributed by atoms with van der Waals surface area (Å²) in [6, 6.07) is 13.8. The molecule has 8 rings (SSSR count). The summed E-state index contributed by atoms with van der Waals surface area (Å²) in [6.07, 6.45) is 5.70. The van der Waals surface area contributed by atoms with E-state index in [1.807, 2.05) is 39.0 Å². The van der Waals surface area contributed by atoms with Crippen LogP contribution in [0.15, 0.2) is 67.4 Å². The quantitative estimate of drug-likeness (QED) is 0.110. The average molecular weight is 1030 g/mol. The van der Waals surface area contributed by atoms with Crippen LogP contribution in [-0.4, -0.2) is 119 Å². The van der Waals surface area contributed by atoms with Crippen molar-refractivity contribution in [3.63, 3.8) is 0 Å². The first-order chi connectivity index (χ1) is 32.6. The second-order valence-electron chi connectivity index (χ2n) is 20.2. The molecule has 3 fully saturated rings. The molecule has 2 aromatic carbocycles. The second-order valence-corrected chi connectivity index (χ2v) is 28.9. The Morgan fingerprint density at radius 1 is 1.06 bits per heavy atom. The molecule has 68 heavy (non-hydrogen) atoms. The number of rotatable bonds is 10. The number of cyclic esters (lactones) is 1. The SMILES string of the molecule is C=CC(=O)N1CC[C@@]2(C[CH2][In]([C@H](C(=O)N[C@H]3Cc4cc(O)cc(c4)-c4ccc5c(c4)c(c(-c4cccnc4[C@H](C)OC)n5CC)CC(C(C)C)COC(=O)[C@@H]4CCCN(N4)C3=O)C(C)C)[C]2=O)C1. The van der Waals surface area contributed by atoms with Crippen molar-refractivity contribution in [2.75, 3.05) is 33.4 Å². The number of likely N-dealkylation sites (tertiary alicyclic amines) is 1. The fourth-order valence-electron chi connectivity index (χ4n) is 11.5. The van der Waals surface area contributed by atoms with Gasteiger partial charge in [-0.05, 0) is 38.3 Å². The minimum absolute atomic E-state index is 0.0163. The van der Waals surface area contributed by atoms with Crippen molar-refractivity contribution in [1.29, 1.82) is 0 Å². The van der Waals surface area contributed by atoms with Crippen molar-refractivity contribution in [2.45, 2.75) is 113 Å². The molecule has 4 aromatic rings. The zero-order chi connectivity index (χ0) is 48.6. The van der Waals surface area contributed by atoms with Gasteiger partial charge < -0.3 is 9.30 Å². The molecule has 0 saturated carbocycles. The van der Waals surface area contributed by atoms with Crippen molar-refractivity contribution >= 4 is 59.6 Å². The Morgan fingerprint density at radius 3 is 2.57 bits per heavy atom. The summed E-state index contributed by atoms with van der Waals surface area (Å²) in [5.74, 6) is -1.45. The molecule has 6 bridgehead atoms. The number of ether oxygens (including phenoxy) is 2. The Labute approximate surface area is 407 Å². The van der Waals surface area contributed by atoms with E-state index in [0.717, 1.165) is 44.5 Å². The topological polar surface area (TPSA) is 172 Å². The standard InChI is InChI=1S/C43H54N5O6.C10H13NO2.In/c1-8-47-38-14-13-29-22-34(38)35(41(47)33-11-9-15-44-40(33)27(6)53-7)23-31(26(4)5)24-54-43(52)36-12-10-16-48(46-36)42(51)37(45-39(50)17-25(2)3)20-28-18-30(29)21-32(49)19-28;1-3-9(13)11-6-5-10(4-2,7-11)8-12;/h9,11,13-15,17-19,21-22,25-27,31,36-37,46,49H,8,10,12,16,20,23-24H2,1-7H3,(H,45,50);3H,1-2,4-7H2;/t27-,31?,36-,37-;10-;/m00./s1. The fraction of sp³-hybridized carbons (Fsp3) is 0.509. The number of methoxy groups -OCH3 is 1. The number of nitrogens with zero attached hydrogens (tertiary/aromatic N) is 4.